The van der Waals surface area contributed by atoms with Crippen molar-refractivity contribution in [2.24, 2.45) is 0 Å². The first-order valence-corrected chi connectivity index (χ1v) is 11.3. The fraction of sp³-hybridized carbons (Fsp3) is 0.375. The number of likely N-dealkylation sites (tertiary alicyclic amines) is 1. The zero-order chi connectivity index (χ0) is 21.2. The number of nitrogens with one attached hydrogen (secondary N) is 1. The summed E-state index contributed by atoms with van der Waals surface area (Å²) in [5, 5.41) is 12.6. The van der Waals surface area contributed by atoms with Gasteiger partial charge in [-0.25, -0.2) is 4.68 Å². The van der Waals surface area contributed by atoms with Crippen molar-refractivity contribution in [2.75, 3.05) is 13.1 Å². The molecule has 7 heteroatoms. The first-order chi connectivity index (χ1) is 15.2. The third-order valence-corrected chi connectivity index (χ3v) is 6.38. The van der Waals surface area contributed by atoms with Crippen molar-refractivity contribution in [1.82, 2.24) is 25.2 Å². The molecule has 0 atom stereocenters. The second-order valence-electron chi connectivity index (χ2n) is 8.50. The highest BCUT2D eigenvalue weighted by atomic mass is 35.5. The number of carbonyl (C=O) groups excluding carboxylic acids is 1. The van der Waals surface area contributed by atoms with Gasteiger partial charge < -0.3 is 5.32 Å². The Morgan fingerprint density at radius 3 is 2.39 bits per heavy atom. The van der Waals surface area contributed by atoms with Gasteiger partial charge in [-0.1, -0.05) is 47.1 Å². The molecule has 1 aliphatic heterocycles. The summed E-state index contributed by atoms with van der Waals surface area (Å²) in [6, 6.07) is 18.1. The molecule has 160 valence electrons. The quantitative estimate of drug-likeness (QED) is 0.630. The third-order valence-electron chi connectivity index (χ3n) is 6.13. The van der Waals surface area contributed by atoms with E-state index >= 15 is 0 Å². The molecule has 2 fully saturated rings. The highest BCUT2D eigenvalue weighted by Crippen LogP contribution is 2.42. The van der Waals surface area contributed by atoms with Gasteiger partial charge in [0, 0.05) is 36.6 Å². The van der Waals surface area contributed by atoms with Crippen molar-refractivity contribution in [3.63, 3.8) is 0 Å². The molecule has 1 saturated heterocycles. The van der Waals surface area contributed by atoms with E-state index in [1.165, 1.54) is 5.56 Å². The number of amides is 1. The van der Waals surface area contributed by atoms with E-state index in [1.54, 1.807) is 0 Å². The Kier molecular flexibility index (Phi) is 5.74. The van der Waals surface area contributed by atoms with E-state index in [1.807, 2.05) is 47.1 Å². The maximum atomic E-state index is 13.1. The summed E-state index contributed by atoms with van der Waals surface area (Å²) in [5.74, 6) is 0.275. The van der Waals surface area contributed by atoms with Gasteiger partial charge in [0.05, 0.1) is 11.4 Å². The second kappa shape index (κ2) is 8.81. The van der Waals surface area contributed by atoms with Gasteiger partial charge in [-0.05, 0) is 55.5 Å². The summed E-state index contributed by atoms with van der Waals surface area (Å²) in [6.07, 6.45) is 4.04. The molecule has 1 aromatic heterocycles. The maximum absolute atomic E-state index is 13.1. The fourth-order valence-corrected chi connectivity index (χ4v) is 4.40. The minimum atomic E-state index is -0.0970. The van der Waals surface area contributed by atoms with Crippen LogP contribution in [0.15, 0.2) is 54.6 Å². The molecular weight excluding hydrogens is 410 g/mol. The molecule has 2 aromatic carbocycles. The SMILES string of the molecule is O=C(NC1CCN(Cc2ccc(Cl)cc2)CC1)c1nnn(-c2ccccc2)c1C1CC1. The van der Waals surface area contributed by atoms with Crippen molar-refractivity contribution in [3.8, 4) is 5.69 Å². The summed E-state index contributed by atoms with van der Waals surface area (Å²) >= 11 is 5.98. The molecule has 0 unspecified atom stereocenters. The van der Waals surface area contributed by atoms with E-state index in [0.29, 0.717) is 11.6 Å². The summed E-state index contributed by atoms with van der Waals surface area (Å²) in [4.78, 5) is 15.5. The van der Waals surface area contributed by atoms with Gasteiger partial charge in [-0.15, -0.1) is 5.10 Å². The molecule has 1 aliphatic carbocycles. The predicted molar refractivity (Wildman–Crippen MR) is 121 cm³/mol. The molecule has 2 aliphatic rings. The van der Waals surface area contributed by atoms with Crippen LogP contribution in [-0.2, 0) is 6.54 Å². The molecule has 3 aromatic rings. The van der Waals surface area contributed by atoms with Crippen LogP contribution in [0.25, 0.3) is 5.69 Å². The standard InChI is InChI=1S/C24H26ClN5O/c25-19-10-6-17(7-11-19)16-29-14-12-20(13-15-29)26-24(31)22-23(18-8-9-18)30(28-27-22)21-4-2-1-3-5-21/h1-7,10-11,18,20H,8-9,12-16H2,(H,26,31). The summed E-state index contributed by atoms with van der Waals surface area (Å²) < 4.78 is 1.83. The first-order valence-electron chi connectivity index (χ1n) is 11.0. The van der Waals surface area contributed by atoms with Crippen molar-refractivity contribution in [1.29, 1.82) is 0 Å². The smallest absolute Gasteiger partial charge is 0.274 e. The fourth-order valence-electron chi connectivity index (χ4n) is 4.27. The second-order valence-corrected chi connectivity index (χ2v) is 8.93. The van der Waals surface area contributed by atoms with E-state index in [4.69, 9.17) is 11.6 Å². The van der Waals surface area contributed by atoms with Crippen molar-refractivity contribution >= 4 is 17.5 Å². The summed E-state index contributed by atoms with van der Waals surface area (Å²) in [5.41, 5.74) is 3.64. The molecule has 0 spiro atoms. The van der Waals surface area contributed by atoms with Crippen LogP contribution in [0, 0.1) is 0 Å². The molecule has 0 bridgehead atoms. The number of nitrogens with zero attached hydrogens (tertiary/aromatic N) is 4. The first kappa shape index (κ1) is 20.2. The Morgan fingerprint density at radius 1 is 1.00 bits per heavy atom. The highest BCUT2D eigenvalue weighted by molar-refractivity contribution is 6.30. The monoisotopic (exact) mass is 435 g/mol. The van der Waals surface area contributed by atoms with E-state index < -0.39 is 0 Å². The summed E-state index contributed by atoms with van der Waals surface area (Å²) in [7, 11) is 0. The molecular formula is C24H26ClN5O. The van der Waals surface area contributed by atoms with Crippen molar-refractivity contribution in [2.45, 2.75) is 44.2 Å². The van der Waals surface area contributed by atoms with E-state index in [9.17, 15) is 4.79 Å². The number of aromatic nitrogens is 3. The number of benzene rings is 2. The third kappa shape index (κ3) is 4.65. The maximum Gasteiger partial charge on any atom is 0.274 e. The number of halogens is 1. The van der Waals surface area contributed by atoms with E-state index in [2.05, 4.69) is 32.7 Å². The van der Waals surface area contributed by atoms with Gasteiger partial charge >= 0.3 is 0 Å². The molecule has 6 nitrogen and oxygen atoms in total. The average Bonchev–Trinajstić information content (AvgIpc) is 3.54. The van der Waals surface area contributed by atoms with Crippen molar-refractivity contribution in [3.05, 3.63) is 76.6 Å². The lowest BCUT2D eigenvalue weighted by molar-refractivity contribution is 0.0902. The molecule has 5 rings (SSSR count). The lowest BCUT2D eigenvalue weighted by atomic mass is 10.0. The molecule has 0 radical (unpaired) electrons. The van der Waals surface area contributed by atoms with Crippen LogP contribution < -0.4 is 5.32 Å². The summed E-state index contributed by atoms with van der Waals surface area (Å²) in [6.45, 7) is 2.83. The van der Waals surface area contributed by atoms with Gasteiger partial charge in [0.2, 0.25) is 0 Å². The molecule has 31 heavy (non-hydrogen) atoms. The Hall–Kier alpha value is -2.70. The molecule has 2 heterocycles. The van der Waals surface area contributed by atoms with E-state index in [0.717, 1.165) is 61.7 Å². The van der Waals surface area contributed by atoms with Gasteiger partial charge in [0.25, 0.3) is 5.91 Å². The van der Waals surface area contributed by atoms with Crippen LogP contribution >= 0.6 is 11.6 Å². The van der Waals surface area contributed by atoms with Gasteiger partial charge in [-0.2, -0.15) is 0 Å². The van der Waals surface area contributed by atoms with Crippen LogP contribution in [0.1, 0.15) is 53.3 Å². The van der Waals surface area contributed by atoms with Crippen LogP contribution in [0.5, 0.6) is 0 Å². The zero-order valence-corrected chi connectivity index (χ0v) is 18.1. The molecule has 1 saturated carbocycles. The number of hydrogen-bond acceptors (Lipinski definition) is 4. The number of hydrogen-bond donors (Lipinski definition) is 1. The van der Waals surface area contributed by atoms with Crippen LogP contribution in [0.2, 0.25) is 5.02 Å². The van der Waals surface area contributed by atoms with Crippen LogP contribution in [0.4, 0.5) is 0 Å². The molecule has 1 amide bonds. The Balaban J connectivity index is 1.21. The lowest BCUT2D eigenvalue weighted by Gasteiger charge is -2.32. The van der Waals surface area contributed by atoms with Gasteiger partial charge in [-0.3, -0.25) is 9.69 Å². The van der Waals surface area contributed by atoms with Crippen LogP contribution in [0.3, 0.4) is 0 Å². The largest absolute Gasteiger partial charge is 0.348 e. The highest BCUT2D eigenvalue weighted by Gasteiger charge is 2.35. The number of carbonyl (C=O) groups is 1. The zero-order valence-electron chi connectivity index (χ0n) is 17.4. The number of rotatable bonds is 6. The normalized spacial score (nSPS) is 17.6. The molecule has 1 N–H and O–H groups in total. The van der Waals surface area contributed by atoms with Crippen molar-refractivity contribution < 1.29 is 4.79 Å². The topological polar surface area (TPSA) is 63.1 Å². The lowest BCUT2D eigenvalue weighted by Crippen LogP contribution is -2.44. The Morgan fingerprint density at radius 2 is 1.71 bits per heavy atom. The van der Waals surface area contributed by atoms with Crippen LogP contribution in [-0.4, -0.2) is 44.9 Å². The Labute approximate surface area is 187 Å². The Bertz CT molecular complexity index is 1040. The average molecular weight is 436 g/mol. The van der Waals surface area contributed by atoms with E-state index in [-0.39, 0.29) is 11.9 Å². The minimum Gasteiger partial charge on any atom is -0.348 e. The number of piperidine rings is 1. The van der Waals surface area contributed by atoms with Gasteiger partial charge in [0.15, 0.2) is 5.69 Å². The predicted octanol–water partition coefficient (Wildman–Crippen LogP) is 4.19. The van der Waals surface area contributed by atoms with Gasteiger partial charge in [0.1, 0.15) is 0 Å². The minimum absolute atomic E-state index is 0.0970. The number of para-hydroxylation sites is 1.